The van der Waals surface area contributed by atoms with Gasteiger partial charge in [0, 0.05) is 27.4 Å². The quantitative estimate of drug-likeness (QED) is 0.323. The average molecular weight is 510 g/mol. The van der Waals surface area contributed by atoms with Crippen molar-refractivity contribution in [1.29, 1.82) is 0 Å². The molecule has 0 heterocycles. The minimum atomic E-state index is 0. The van der Waals surface area contributed by atoms with Gasteiger partial charge in [0.2, 0.25) is 0 Å². The summed E-state index contributed by atoms with van der Waals surface area (Å²) in [5.74, 6) is 1.79. The number of para-hydroxylation sites is 2. The Hall–Kier alpha value is -1.20. The fourth-order valence-electron chi connectivity index (χ4n) is 4.71. The molecule has 2 aromatic carbocycles. The van der Waals surface area contributed by atoms with Crippen LogP contribution in [0, 0.1) is 0 Å². The van der Waals surface area contributed by atoms with Gasteiger partial charge in [0.05, 0.1) is 6.87 Å². The monoisotopic (exact) mass is 510 g/mol. The van der Waals surface area contributed by atoms with Gasteiger partial charge in [-0.15, -0.1) is 0 Å². The van der Waals surface area contributed by atoms with Gasteiger partial charge in [-0.3, -0.25) is 0 Å². The van der Waals surface area contributed by atoms with Gasteiger partial charge in [-0.25, -0.2) is 0 Å². The maximum absolute atomic E-state index is 4.00. The molecule has 35 heavy (non-hydrogen) atoms. The molecule has 0 aliphatic rings. The molecular weight excluding hydrogens is 462 g/mol. The number of rotatable bonds is 11. The van der Waals surface area contributed by atoms with Crippen LogP contribution in [-0.2, 0) is 21.7 Å². The third kappa shape index (κ3) is 7.89. The Kier molecular flexibility index (Phi) is 12.7. The fourth-order valence-corrected chi connectivity index (χ4v) is 4.71. The van der Waals surface area contributed by atoms with E-state index in [0.717, 1.165) is 0 Å². The summed E-state index contributed by atoms with van der Waals surface area (Å²) in [6.45, 7) is 18.4. The van der Waals surface area contributed by atoms with Gasteiger partial charge in [-0.05, 0) is 65.7 Å². The van der Waals surface area contributed by atoms with E-state index in [4.69, 9.17) is 0 Å². The van der Waals surface area contributed by atoms with Crippen LogP contribution < -0.4 is 10.5 Å². The zero-order valence-corrected chi connectivity index (χ0v) is 25.9. The van der Waals surface area contributed by atoms with E-state index < -0.39 is 0 Å². The Morgan fingerprint density at radius 3 is 1.26 bits per heavy atom. The molecule has 7 heteroatoms. The van der Waals surface area contributed by atoms with Crippen LogP contribution in [0.3, 0.4) is 0 Å². The van der Waals surface area contributed by atoms with Crippen LogP contribution in [0.25, 0.3) is 0 Å². The second-order valence-corrected chi connectivity index (χ2v) is 11.3. The van der Waals surface area contributed by atoms with Crippen LogP contribution in [0.4, 0.5) is 11.4 Å². The van der Waals surface area contributed by atoms with E-state index in [-0.39, 0.29) is 35.5 Å². The molecule has 0 aliphatic heterocycles. The summed E-state index contributed by atoms with van der Waals surface area (Å²) in [7, 11) is 8.67. The maximum Gasteiger partial charge on any atom is 0.158 e. The van der Waals surface area contributed by atoms with Crippen molar-refractivity contribution in [3.05, 3.63) is 58.7 Å². The van der Waals surface area contributed by atoms with E-state index in [1.807, 2.05) is 0 Å². The Labute approximate surface area is 232 Å². The van der Waals surface area contributed by atoms with Gasteiger partial charge in [0.25, 0.3) is 0 Å². The van der Waals surface area contributed by atoms with Gasteiger partial charge in [0.1, 0.15) is 0 Å². The van der Waals surface area contributed by atoms with Crippen molar-refractivity contribution >= 4 is 25.1 Å². The van der Waals surface area contributed by atoms with E-state index in [1.165, 1.54) is 33.6 Å². The molecule has 4 nitrogen and oxygen atoms in total. The molecule has 0 amide bonds. The van der Waals surface area contributed by atoms with Crippen LogP contribution in [0.15, 0.2) is 36.4 Å². The number of anilines is 2. The van der Waals surface area contributed by atoms with Crippen molar-refractivity contribution in [2.24, 2.45) is 0 Å². The summed E-state index contributed by atoms with van der Waals surface area (Å²) in [5, 5.41) is 8.00. The van der Waals surface area contributed by atoms with Crippen molar-refractivity contribution in [1.82, 2.24) is 9.62 Å². The smallest absolute Gasteiger partial charge is 0.158 e. The second-order valence-electron chi connectivity index (χ2n) is 11.3. The molecule has 1 radical (unpaired) electrons. The molecular formula is C28H48B2N4Ti-. The molecule has 0 saturated heterocycles. The minimum Gasteiger partial charge on any atom is -0.572 e. The number of benzene rings is 2. The van der Waals surface area contributed by atoms with E-state index in [1.54, 1.807) is 0 Å². The Bertz CT molecular complexity index is 801. The molecule has 0 fully saturated rings. The molecule has 2 rings (SSSR count). The van der Waals surface area contributed by atoms with Crippen molar-refractivity contribution in [2.45, 2.75) is 79.1 Å². The molecule has 0 atom stereocenters. The van der Waals surface area contributed by atoms with E-state index >= 15 is 0 Å². The molecule has 0 aromatic heterocycles. The molecule has 2 aromatic rings. The Balaban J connectivity index is 0.00000612. The summed E-state index contributed by atoms with van der Waals surface area (Å²) >= 11 is 0. The zero-order chi connectivity index (χ0) is 25.7. The Morgan fingerprint density at radius 1 is 0.629 bits per heavy atom. The average Bonchev–Trinajstić information content (AvgIpc) is 2.74. The van der Waals surface area contributed by atoms with Crippen LogP contribution in [-0.4, -0.2) is 51.6 Å². The first-order valence-corrected chi connectivity index (χ1v) is 13.0. The molecule has 191 valence electrons. The first-order chi connectivity index (χ1) is 15.9. The summed E-state index contributed by atoms with van der Waals surface area (Å²) in [5.41, 5.74) is 8.06. The van der Waals surface area contributed by atoms with E-state index in [2.05, 4.69) is 140 Å². The van der Waals surface area contributed by atoms with Gasteiger partial charge in [-0.2, -0.15) is 0 Å². The molecule has 0 bridgehead atoms. The zero-order valence-electron chi connectivity index (χ0n) is 24.3. The first-order valence-electron chi connectivity index (χ1n) is 13.0. The normalized spacial score (nSPS) is 11.9. The largest absolute Gasteiger partial charge is 0.572 e. The summed E-state index contributed by atoms with van der Waals surface area (Å²) < 4.78 is 0. The molecule has 2 N–H and O–H groups in total. The SMILES string of the molecule is CC(C)c1cccc(C(C)C)c1NB([B-](Nc1c(C(C)C)cccc1C(C)C)N(C)C)N(C)C.[Ti]. The summed E-state index contributed by atoms with van der Waals surface area (Å²) in [6, 6.07) is 13.5. The maximum atomic E-state index is 4.00. The van der Waals surface area contributed by atoms with Gasteiger partial charge in [0.15, 0.2) is 6.87 Å². The number of nitrogens with one attached hydrogen (secondary N) is 2. The molecule has 0 spiro atoms. The fraction of sp³-hybridized carbons (Fsp3) is 0.571. The second kappa shape index (κ2) is 13.9. The van der Waals surface area contributed by atoms with Crippen LogP contribution in [0.2, 0.25) is 0 Å². The van der Waals surface area contributed by atoms with Crippen LogP contribution in [0.1, 0.15) is 101 Å². The number of hydrogen-bond donors (Lipinski definition) is 2. The first kappa shape index (κ1) is 31.8. The molecule has 0 aliphatic carbocycles. The molecule has 0 saturated carbocycles. The summed E-state index contributed by atoms with van der Waals surface area (Å²) in [6.07, 6.45) is 0. The van der Waals surface area contributed by atoms with Gasteiger partial charge in [-0.1, -0.05) is 106 Å². The Morgan fingerprint density at radius 2 is 0.971 bits per heavy atom. The predicted molar refractivity (Wildman–Crippen MR) is 155 cm³/mol. The van der Waals surface area contributed by atoms with Crippen molar-refractivity contribution in [3.63, 3.8) is 0 Å². The minimum absolute atomic E-state index is 0. The van der Waals surface area contributed by atoms with Gasteiger partial charge < -0.3 is 20.1 Å². The third-order valence-corrected chi connectivity index (χ3v) is 6.74. The third-order valence-electron chi connectivity index (χ3n) is 6.74. The number of hydrogen-bond acceptors (Lipinski definition) is 4. The number of nitrogens with zero attached hydrogens (tertiary/aromatic N) is 2. The van der Waals surface area contributed by atoms with Crippen LogP contribution in [0.5, 0.6) is 0 Å². The summed E-state index contributed by atoms with van der Waals surface area (Å²) in [4.78, 5) is 4.60. The van der Waals surface area contributed by atoms with E-state index in [9.17, 15) is 0 Å². The predicted octanol–water partition coefficient (Wildman–Crippen LogP) is 6.88. The van der Waals surface area contributed by atoms with Crippen molar-refractivity contribution in [3.8, 4) is 0 Å². The topological polar surface area (TPSA) is 30.5 Å². The molecule has 0 unspecified atom stereocenters. The van der Waals surface area contributed by atoms with E-state index in [0.29, 0.717) is 23.7 Å². The van der Waals surface area contributed by atoms with Gasteiger partial charge >= 0.3 is 0 Å². The standard InChI is InChI=1S/C28H48B2N4.Ti/c1-19(2)23-15-13-16-24(20(3)4)27(23)31-29(33(9)10)30(34(11)12)32-28-25(21(5)6)17-14-18-26(28)22(7)8;/h13-22,31-32H,1-12H3;/q-1;. The van der Waals surface area contributed by atoms with Crippen molar-refractivity contribution < 1.29 is 21.7 Å². The van der Waals surface area contributed by atoms with Crippen molar-refractivity contribution in [2.75, 3.05) is 38.6 Å². The van der Waals surface area contributed by atoms with Crippen LogP contribution >= 0.6 is 0 Å².